The largest absolute Gasteiger partial charge is 0.481 e. The van der Waals surface area contributed by atoms with Gasteiger partial charge in [0.15, 0.2) is 0 Å². The number of aliphatic carboxylic acids is 1. The molecule has 0 aromatic heterocycles. The van der Waals surface area contributed by atoms with E-state index < -0.39 is 11.9 Å². The molecule has 1 fully saturated rings. The third kappa shape index (κ3) is 4.70. The second kappa shape index (κ2) is 7.33. The van der Waals surface area contributed by atoms with E-state index in [1.807, 2.05) is 13.8 Å². The van der Waals surface area contributed by atoms with Crippen LogP contribution in [0.1, 0.15) is 26.7 Å². The standard InChI is InChI=1S/C13H25N3O3/c1-9(2)11(12(17)18)8-15-13(19)16(3)10-4-6-14-7-5-10/h9-11,14H,4-8H2,1-3H3,(H,15,19)(H,17,18). The smallest absolute Gasteiger partial charge is 0.317 e. The van der Waals surface area contributed by atoms with Crippen molar-refractivity contribution in [1.29, 1.82) is 0 Å². The third-order valence-corrected chi connectivity index (χ3v) is 3.77. The minimum Gasteiger partial charge on any atom is -0.481 e. The fourth-order valence-electron chi connectivity index (χ4n) is 2.29. The van der Waals surface area contributed by atoms with Crippen molar-refractivity contribution in [2.45, 2.75) is 32.7 Å². The molecule has 0 radical (unpaired) electrons. The average molecular weight is 271 g/mol. The van der Waals surface area contributed by atoms with Gasteiger partial charge in [-0.25, -0.2) is 4.79 Å². The van der Waals surface area contributed by atoms with Crippen molar-refractivity contribution in [1.82, 2.24) is 15.5 Å². The number of carboxylic acids is 1. The van der Waals surface area contributed by atoms with Crippen LogP contribution in [-0.2, 0) is 4.79 Å². The summed E-state index contributed by atoms with van der Waals surface area (Å²) in [6.07, 6.45) is 1.88. The first kappa shape index (κ1) is 15.8. The lowest BCUT2D eigenvalue weighted by atomic mass is 9.96. The summed E-state index contributed by atoms with van der Waals surface area (Å²) in [4.78, 5) is 24.7. The fraction of sp³-hybridized carbons (Fsp3) is 0.846. The maximum atomic E-state index is 12.0. The van der Waals surface area contributed by atoms with Gasteiger partial charge >= 0.3 is 12.0 Å². The average Bonchev–Trinajstić information content (AvgIpc) is 2.38. The predicted molar refractivity (Wildman–Crippen MR) is 73.0 cm³/mol. The summed E-state index contributed by atoms with van der Waals surface area (Å²) in [5.74, 6) is -1.40. The number of rotatable bonds is 5. The van der Waals surface area contributed by atoms with E-state index >= 15 is 0 Å². The topological polar surface area (TPSA) is 81.7 Å². The molecule has 0 saturated carbocycles. The lowest BCUT2D eigenvalue weighted by molar-refractivity contribution is -0.142. The van der Waals surface area contributed by atoms with E-state index in [-0.39, 0.29) is 24.5 Å². The van der Waals surface area contributed by atoms with Gasteiger partial charge in [0.25, 0.3) is 0 Å². The highest BCUT2D eigenvalue weighted by atomic mass is 16.4. The number of hydrogen-bond donors (Lipinski definition) is 3. The summed E-state index contributed by atoms with van der Waals surface area (Å²) in [7, 11) is 1.77. The predicted octanol–water partition coefficient (Wildman–Crippen LogP) is 0.737. The Bertz CT molecular complexity index is 314. The molecule has 1 heterocycles. The Kier molecular flexibility index (Phi) is 6.08. The molecular formula is C13H25N3O3. The van der Waals surface area contributed by atoms with Crippen LogP contribution in [0.5, 0.6) is 0 Å². The lowest BCUT2D eigenvalue weighted by Gasteiger charge is -2.32. The molecule has 0 aromatic rings. The summed E-state index contributed by atoms with van der Waals surface area (Å²) in [6, 6.07) is 0.0578. The van der Waals surface area contributed by atoms with Crippen LogP contribution in [0, 0.1) is 11.8 Å². The number of hydrogen-bond acceptors (Lipinski definition) is 3. The molecule has 110 valence electrons. The van der Waals surface area contributed by atoms with Gasteiger partial charge in [0.05, 0.1) is 5.92 Å². The van der Waals surface area contributed by atoms with E-state index in [2.05, 4.69) is 10.6 Å². The van der Waals surface area contributed by atoms with Crippen LogP contribution >= 0.6 is 0 Å². The molecule has 0 bridgehead atoms. The molecule has 1 atom stereocenters. The van der Waals surface area contributed by atoms with Crippen molar-refractivity contribution in [3.05, 3.63) is 0 Å². The number of urea groups is 1. The van der Waals surface area contributed by atoms with Gasteiger partial charge in [0.2, 0.25) is 0 Å². The van der Waals surface area contributed by atoms with Gasteiger partial charge in [-0.15, -0.1) is 0 Å². The van der Waals surface area contributed by atoms with Gasteiger partial charge in [-0.05, 0) is 31.8 Å². The highest BCUT2D eigenvalue weighted by Gasteiger charge is 2.25. The van der Waals surface area contributed by atoms with E-state index in [0.29, 0.717) is 0 Å². The summed E-state index contributed by atoms with van der Waals surface area (Å²) in [5, 5.41) is 15.1. The monoisotopic (exact) mass is 271 g/mol. The quantitative estimate of drug-likeness (QED) is 0.689. The van der Waals surface area contributed by atoms with Crippen LogP contribution in [0.3, 0.4) is 0 Å². The second-order valence-corrected chi connectivity index (χ2v) is 5.47. The molecule has 0 aromatic carbocycles. The zero-order valence-corrected chi connectivity index (χ0v) is 12.0. The third-order valence-electron chi connectivity index (χ3n) is 3.77. The number of carboxylic acid groups (broad SMARTS) is 1. The van der Waals surface area contributed by atoms with Crippen LogP contribution in [0.25, 0.3) is 0 Å². The maximum Gasteiger partial charge on any atom is 0.317 e. The van der Waals surface area contributed by atoms with Gasteiger partial charge in [-0.3, -0.25) is 4.79 Å². The van der Waals surface area contributed by atoms with Crippen molar-refractivity contribution in [2.24, 2.45) is 11.8 Å². The van der Waals surface area contributed by atoms with E-state index in [0.717, 1.165) is 25.9 Å². The Balaban J connectivity index is 2.42. The first-order valence-corrected chi connectivity index (χ1v) is 6.87. The molecule has 1 unspecified atom stereocenters. The van der Waals surface area contributed by atoms with Crippen molar-refractivity contribution >= 4 is 12.0 Å². The van der Waals surface area contributed by atoms with Gasteiger partial charge in [0.1, 0.15) is 0 Å². The second-order valence-electron chi connectivity index (χ2n) is 5.47. The Labute approximate surface area is 114 Å². The number of carbonyl (C=O) groups is 2. The number of nitrogens with zero attached hydrogens (tertiary/aromatic N) is 1. The Morgan fingerprint density at radius 2 is 1.95 bits per heavy atom. The van der Waals surface area contributed by atoms with Crippen molar-refractivity contribution in [3.8, 4) is 0 Å². The Hall–Kier alpha value is -1.30. The molecule has 3 N–H and O–H groups in total. The van der Waals surface area contributed by atoms with Crippen LogP contribution in [0.15, 0.2) is 0 Å². The zero-order chi connectivity index (χ0) is 14.4. The lowest BCUT2D eigenvalue weighted by Crippen LogP contribution is -2.49. The molecule has 1 saturated heterocycles. The van der Waals surface area contributed by atoms with Crippen LogP contribution in [0.2, 0.25) is 0 Å². The van der Waals surface area contributed by atoms with Crippen LogP contribution in [-0.4, -0.2) is 54.7 Å². The SMILES string of the molecule is CC(C)C(CNC(=O)N(C)C1CCNCC1)C(=O)O. The number of carbonyl (C=O) groups excluding carboxylic acids is 1. The molecule has 2 amide bonds. The molecule has 1 aliphatic rings. The summed E-state index contributed by atoms with van der Waals surface area (Å²) in [6.45, 7) is 5.72. The van der Waals surface area contributed by atoms with Gasteiger partial charge in [-0.1, -0.05) is 13.8 Å². The van der Waals surface area contributed by atoms with Crippen molar-refractivity contribution in [3.63, 3.8) is 0 Å². The molecule has 0 spiro atoms. The van der Waals surface area contributed by atoms with E-state index in [9.17, 15) is 9.59 Å². The van der Waals surface area contributed by atoms with E-state index in [4.69, 9.17) is 5.11 Å². The highest BCUT2D eigenvalue weighted by molar-refractivity contribution is 5.76. The number of piperidine rings is 1. The summed E-state index contributed by atoms with van der Waals surface area (Å²) < 4.78 is 0. The molecule has 6 nitrogen and oxygen atoms in total. The highest BCUT2D eigenvalue weighted by Crippen LogP contribution is 2.12. The van der Waals surface area contributed by atoms with Crippen molar-refractivity contribution in [2.75, 3.05) is 26.7 Å². The van der Waals surface area contributed by atoms with Gasteiger partial charge in [-0.2, -0.15) is 0 Å². The minimum absolute atomic E-state index is 0.00184. The van der Waals surface area contributed by atoms with Crippen LogP contribution < -0.4 is 10.6 Å². The molecule has 0 aliphatic carbocycles. The Morgan fingerprint density at radius 3 is 2.42 bits per heavy atom. The van der Waals surface area contributed by atoms with Crippen molar-refractivity contribution < 1.29 is 14.7 Å². The minimum atomic E-state index is -0.861. The first-order valence-electron chi connectivity index (χ1n) is 6.87. The molecule has 1 rings (SSSR count). The van der Waals surface area contributed by atoms with Gasteiger partial charge < -0.3 is 20.6 Å². The molecule has 19 heavy (non-hydrogen) atoms. The normalized spacial score (nSPS) is 18.1. The molecule has 6 heteroatoms. The van der Waals surface area contributed by atoms with Crippen LogP contribution in [0.4, 0.5) is 4.79 Å². The zero-order valence-electron chi connectivity index (χ0n) is 12.0. The maximum absolute atomic E-state index is 12.0. The molecular weight excluding hydrogens is 246 g/mol. The first-order chi connectivity index (χ1) is 8.93. The fourth-order valence-corrected chi connectivity index (χ4v) is 2.29. The van der Waals surface area contributed by atoms with E-state index in [1.165, 1.54) is 0 Å². The van der Waals surface area contributed by atoms with E-state index in [1.54, 1.807) is 11.9 Å². The molecule has 1 aliphatic heterocycles. The Morgan fingerprint density at radius 1 is 1.37 bits per heavy atom. The summed E-state index contributed by atoms with van der Waals surface area (Å²) in [5.41, 5.74) is 0. The summed E-state index contributed by atoms with van der Waals surface area (Å²) >= 11 is 0. The number of amides is 2. The van der Waals surface area contributed by atoms with Gasteiger partial charge in [0, 0.05) is 19.6 Å². The number of nitrogens with one attached hydrogen (secondary N) is 2.